The zero-order valence-electron chi connectivity index (χ0n) is 14.5. The van der Waals surface area contributed by atoms with Crippen LogP contribution in [0.15, 0.2) is 41.3 Å². The van der Waals surface area contributed by atoms with Crippen LogP contribution in [0.5, 0.6) is 0 Å². The lowest BCUT2D eigenvalue weighted by Gasteiger charge is -2.16. The smallest absolute Gasteiger partial charge is 0.343 e. The Morgan fingerprint density at radius 2 is 2.08 bits per heavy atom. The van der Waals surface area contributed by atoms with Crippen LogP contribution in [0.2, 0.25) is 0 Å². The molecule has 134 valence electrons. The molecule has 1 amide bonds. The molecule has 3 aromatic rings. The van der Waals surface area contributed by atoms with Gasteiger partial charge in [-0.25, -0.2) is 14.9 Å². The maximum absolute atomic E-state index is 12.7. The number of rotatable bonds is 3. The first kappa shape index (κ1) is 16.3. The molecule has 0 spiro atoms. The fourth-order valence-electron chi connectivity index (χ4n) is 3.38. The average Bonchev–Trinajstić information content (AvgIpc) is 3.13. The summed E-state index contributed by atoms with van der Waals surface area (Å²) in [6.07, 6.45) is 3.70. The molecule has 0 aliphatic carbocycles. The molecule has 2 aromatic heterocycles. The standard InChI is InChI=1S/C18H20N6O2/c1-23-14(11-19-16(23)12-5-3-2-4-6-12)17(25)20-13-7-8-15-21-22-18(26)24(15)10-9-13/h2-6,11,13H,7-10H2,1H3,(H,20,25)(H,22,26). The quantitative estimate of drug-likeness (QED) is 0.738. The highest BCUT2D eigenvalue weighted by Gasteiger charge is 2.22. The highest BCUT2D eigenvalue weighted by molar-refractivity contribution is 5.93. The predicted molar refractivity (Wildman–Crippen MR) is 95.7 cm³/mol. The number of nitrogens with zero attached hydrogens (tertiary/aromatic N) is 4. The topological polar surface area (TPSA) is 97.6 Å². The van der Waals surface area contributed by atoms with E-state index in [4.69, 9.17) is 0 Å². The number of aromatic amines is 1. The molecule has 1 atom stereocenters. The second-order valence-electron chi connectivity index (χ2n) is 6.49. The number of fused-ring (bicyclic) bond motifs is 1. The third-order valence-electron chi connectivity index (χ3n) is 4.84. The van der Waals surface area contributed by atoms with Gasteiger partial charge < -0.3 is 9.88 Å². The van der Waals surface area contributed by atoms with Crippen molar-refractivity contribution in [2.24, 2.45) is 7.05 Å². The van der Waals surface area contributed by atoms with Crippen LogP contribution in [0.25, 0.3) is 11.4 Å². The zero-order chi connectivity index (χ0) is 18.1. The number of hydrogen-bond acceptors (Lipinski definition) is 4. The number of aromatic nitrogens is 5. The van der Waals surface area contributed by atoms with Gasteiger partial charge in [0.05, 0.1) is 6.20 Å². The van der Waals surface area contributed by atoms with E-state index in [0.29, 0.717) is 25.1 Å². The summed E-state index contributed by atoms with van der Waals surface area (Å²) in [4.78, 5) is 28.8. The number of nitrogens with one attached hydrogen (secondary N) is 2. The third kappa shape index (κ3) is 2.94. The first-order valence-corrected chi connectivity index (χ1v) is 8.65. The average molecular weight is 352 g/mol. The Hall–Kier alpha value is -3.16. The lowest BCUT2D eigenvalue weighted by atomic mass is 10.1. The van der Waals surface area contributed by atoms with Crippen LogP contribution >= 0.6 is 0 Å². The molecule has 1 aromatic carbocycles. The van der Waals surface area contributed by atoms with E-state index in [2.05, 4.69) is 20.5 Å². The Kier molecular flexibility index (Phi) is 4.16. The number of carbonyl (C=O) groups is 1. The van der Waals surface area contributed by atoms with E-state index in [9.17, 15) is 9.59 Å². The summed E-state index contributed by atoms with van der Waals surface area (Å²) in [6.45, 7) is 0.552. The number of carbonyl (C=O) groups excluding carboxylic acids is 1. The van der Waals surface area contributed by atoms with Crippen LogP contribution < -0.4 is 11.0 Å². The second-order valence-corrected chi connectivity index (χ2v) is 6.49. The number of amides is 1. The van der Waals surface area contributed by atoms with Gasteiger partial charge in [0, 0.05) is 31.6 Å². The van der Waals surface area contributed by atoms with Crippen LogP contribution in [0.1, 0.15) is 29.2 Å². The van der Waals surface area contributed by atoms with Crippen molar-refractivity contribution in [1.29, 1.82) is 0 Å². The van der Waals surface area contributed by atoms with Crippen LogP contribution in [0, 0.1) is 0 Å². The van der Waals surface area contributed by atoms with E-state index < -0.39 is 0 Å². The summed E-state index contributed by atoms with van der Waals surface area (Å²) in [5.74, 6) is 1.35. The Labute approximate surface area is 149 Å². The van der Waals surface area contributed by atoms with Crippen LogP contribution in [-0.4, -0.2) is 36.3 Å². The van der Waals surface area contributed by atoms with Crippen LogP contribution in [0.4, 0.5) is 0 Å². The van der Waals surface area contributed by atoms with Crippen molar-refractivity contribution in [3.05, 3.63) is 58.5 Å². The molecular weight excluding hydrogens is 332 g/mol. The fourth-order valence-corrected chi connectivity index (χ4v) is 3.38. The summed E-state index contributed by atoms with van der Waals surface area (Å²) >= 11 is 0. The second kappa shape index (κ2) is 6.62. The third-order valence-corrected chi connectivity index (χ3v) is 4.84. The van der Waals surface area contributed by atoms with Gasteiger partial charge in [-0.2, -0.15) is 5.10 Å². The summed E-state index contributed by atoms with van der Waals surface area (Å²) in [5.41, 5.74) is 1.29. The van der Waals surface area contributed by atoms with E-state index in [1.807, 2.05) is 37.4 Å². The summed E-state index contributed by atoms with van der Waals surface area (Å²) in [5, 5.41) is 9.58. The Balaban J connectivity index is 1.48. The lowest BCUT2D eigenvalue weighted by Crippen LogP contribution is -2.36. The van der Waals surface area contributed by atoms with E-state index >= 15 is 0 Å². The highest BCUT2D eigenvalue weighted by Crippen LogP contribution is 2.18. The molecule has 1 unspecified atom stereocenters. The molecule has 1 aliphatic rings. The lowest BCUT2D eigenvalue weighted by molar-refractivity contribution is 0.0924. The first-order chi connectivity index (χ1) is 12.6. The van der Waals surface area contributed by atoms with Crippen LogP contribution in [0.3, 0.4) is 0 Å². The van der Waals surface area contributed by atoms with E-state index in [0.717, 1.165) is 23.6 Å². The minimum Gasteiger partial charge on any atom is -0.348 e. The van der Waals surface area contributed by atoms with Gasteiger partial charge in [0.25, 0.3) is 5.91 Å². The summed E-state index contributed by atoms with van der Waals surface area (Å²) in [7, 11) is 1.84. The minimum absolute atomic E-state index is 0.00123. The molecular formula is C18H20N6O2. The van der Waals surface area contributed by atoms with Crippen molar-refractivity contribution in [1.82, 2.24) is 29.6 Å². The van der Waals surface area contributed by atoms with Gasteiger partial charge in [-0.1, -0.05) is 30.3 Å². The first-order valence-electron chi connectivity index (χ1n) is 8.65. The molecule has 8 nitrogen and oxygen atoms in total. The van der Waals surface area contributed by atoms with Crippen molar-refractivity contribution >= 4 is 5.91 Å². The van der Waals surface area contributed by atoms with Gasteiger partial charge in [-0.05, 0) is 12.8 Å². The maximum Gasteiger partial charge on any atom is 0.343 e. The normalized spacial score (nSPS) is 16.7. The number of hydrogen-bond donors (Lipinski definition) is 2. The molecule has 0 saturated carbocycles. The van der Waals surface area contributed by atoms with Crippen molar-refractivity contribution in [2.75, 3.05) is 0 Å². The highest BCUT2D eigenvalue weighted by atomic mass is 16.2. The van der Waals surface area contributed by atoms with Crippen molar-refractivity contribution < 1.29 is 4.79 Å². The number of H-pyrrole nitrogens is 1. The number of aryl methyl sites for hydroxylation is 1. The molecule has 0 saturated heterocycles. The SMILES string of the molecule is Cn1c(C(=O)NC2CCc3n[nH]c(=O)n3CC2)cnc1-c1ccccc1. The molecule has 0 radical (unpaired) electrons. The Morgan fingerprint density at radius 1 is 1.27 bits per heavy atom. The molecule has 3 heterocycles. The van der Waals surface area contributed by atoms with Gasteiger partial charge >= 0.3 is 5.69 Å². The predicted octanol–water partition coefficient (Wildman–Crippen LogP) is 1.11. The zero-order valence-corrected chi connectivity index (χ0v) is 14.5. The van der Waals surface area contributed by atoms with Gasteiger partial charge in [0.2, 0.25) is 0 Å². The minimum atomic E-state index is -0.189. The summed E-state index contributed by atoms with van der Waals surface area (Å²) < 4.78 is 3.45. The van der Waals surface area contributed by atoms with Gasteiger partial charge in [0.15, 0.2) is 0 Å². The van der Waals surface area contributed by atoms with E-state index in [-0.39, 0.29) is 17.6 Å². The molecule has 26 heavy (non-hydrogen) atoms. The Morgan fingerprint density at radius 3 is 2.88 bits per heavy atom. The Bertz CT molecular complexity index is 985. The van der Waals surface area contributed by atoms with Gasteiger partial charge in [0.1, 0.15) is 17.3 Å². The van der Waals surface area contributed by atoms with Crippen molar-refractivity contribution in [2.45, 2.75) is 31.8 Å². The molecule has 0 bridgehead atoms. The number of imidazole rings is 1. The molecule has 0 fully saturated rings. The van der Waals surface area contributed by atoms with E-state index in [1.165, 1.54) is 0 Å². The monoisotopic (exact) mass is 352 g/mol. The van der Waals surface area contributed by atoms with Gasteiger partial charge in [-0.3, -0.25) is 9.36 Å². The fraction of sp³-hybridized carbons (Fsp3) is 0.333. The van der Waals surface area contributed by atoms with Gasteiger partial charge in [-0.15, -0.1) is 0 Å². The molecule has 2 N–H and O–H groups in total. The van der Waals surface area contributed by atoms with E-state index in [1.54, 1.807) is 15.3 Å². The van der Waals surface area contributed by atoms with Crippen molar-refractivity contribution in [3.63, 3.8) is 0 Å². The molecule has 4 rings (SSSR count). The molecule has 8 heteroatoms. The maximum atomic E-state index is 12.7. The molecule has 1 aliphatic heterocycles. The summed E-state index contributed by atoms with van der Waals surface area (Å²) in [6, 6.07) is 9.77. The van der Waals surface area contributed by atoms with Crippen LogP contribution in [-0.2, 0) is 20.0 Å². The number of benzene rings is 1. The van der Waals surface area contributed by atoms with Crippen molar-refractivity contribution in [3.8, 4) is 11.4 Å². The largest absolute Gasteiger partial charge is 0.348 e.